The molecule has 2 aromatic rings. The van der Waals surface area contributed by atoms with Gasteiger partial charge in [0.1, 0.15) is 6.54 Å². The van der Waals surface area contributed by atoms with Crippen LogP contribution in [0.15, 0.2) is 48.5 Å². The van der Waals surface area contributed by atoms with Gasteiger partial charge < -0.3 is 19.7 Å². The van der Waals surface area contributed by atoms with Crippen molar-refractivity contribution in [3.63, 3.8) is 0 Å². The van der Waals surface area contributed by atoms with E-state index in [1.165, 1.54) is 36.3 Å². The number of anilines is 1. The molecule has 166 valence electrons. The minimum atomic E-state index is -3.04. The van der Waals surface area contributed by atoms with E-state index < -0.39 is 12.5 Å². The maximum absolute atomic E-state index is 12.8. The molecule has 0 heterocycles. The molecular weight excluding hydrogens is 406 g/mol. The lowest BCUT2D eigenvalue weighted by Crippen LogP contribution is -2.37. The summed E-state index contributed by atoms with van der Waals surface area (Å²) in [5, 5.41) is 2.80. The van der Waals surface area contributed by atoms with Crippen LogP contribution < -0.4 is 14.8 Å². The maximum atomic E-state index is 12.8. The molecule has 0 aliphatic heterocycles. The van der Waals surface area contributed by atoms with Gasteiger partial charge in [-0.1, -0.05) is 37.3 Å². The third kappa shape index (κ3) is 7.09. The molecule has 0 fully saturated rings. The summed E-state index contributed by atoms with van der Waals surface area (Å²) in [4.78, 5) is 26.5. The first-order valence-corrected chi connectivity index (χ1v) is 9.80. The van der Waals surface area contributed by atoms with Crippen molar-refractivity contribution in [2.45, 2.75) is 26.9 Å². The molecule has 2 amide bonds. The van der Waals surface area contributed by atoms with E-state index in [9.17, 15) is 18.4 Å². The second-order valence-electron chi connectivity index (χ2n) is 6.71. The van der Waals surface area contributed by atoms with Crippen LogP contribution in [0.25, 0.3) is 6.08 Å². The summed E-state index contributed by atoms with van der Waals surface area (Å²) in [5.74, 6) is -0.790. The smallest absolute Gasteiger partial charge is 0.387 e. The molecule has 31 heavy (non-hydrogen) atoms. The molecule has 0 saturated heterocycles. The number of amides is 2. The van der Waals surface area contributed by atoms with Crippen LogP contribution in [0.3, 0.4) is 0 Å². The van der Waals surface area contributed by atoms with E-state index in [1.54, 1.807) is 12.1 Å². The van der Waals surface area contributed by atoms with Crippen molar-refractivity contribution in [3.05, 3.63) is 59.7 Å². The normalized spacial score (nSPS) is 10.9. The highest BCUT2D eigenvalue weighted by atomic mass is 19.3. The number of ether oxygens (including phenoxy) is 2. The zero-order chi connectivity index (χ0) is 22.8. The van der Waals surface area contributed by atoms with Gasteiger partial charge in [-0.2, -0.15) is 8.78 Å². The summed E-state index contributed by atoms with van der Waals surface area (Å²) in [5.41, 5.74) is 1.85. The van der Waals surface area contributed by atoms with Crippen molar-refractivity contribution in [1.29, 1.82) is 0 Å². The van der Waals surface area contributed by atoms with Crippen LogP contribution in [0.2, 0.25) is 0 Å². The van der Waals surface area contributed by atoms with Gasteiger partial charge in [0.2, 0.25) is 11.8 Å². The Morgan fingerprint density at radius 2 is 1.90 bits per heavy atom. The molecule has 1 N–H and O–H groups in total. The van der Waals surface area contributed by atoms with Crippen molar-refractivity contribution in [3.8, 4) is 11.5 Å². The topological polar surface area (TPSA) is 67.9 Å². The molecule has 0 atom stereocenters. The fourth-order valence-corrected chi connectivity index (χ4v) is 2.92. The SMILES string of the molecule is CCCN(CC(=O)Nc1ccccc1C)C(=O)/C=C/c1cccc(OC)c1OC(F)F. The Morgan fingerprint density at radius 1 is 1.16 bits per heavy atom. The fraction of sp³-hybridized carbons (Fsp3) is 0.304. The summed E-state index contributed by atoms with van der Waals surface area (Å²) >= 11 is 0. The van der Waals surface area contributed by atoms with Crippen molar-refractivity contribution in [1.82, 2.24) is 4.90 Å². The molecule has 0 bridgehead atoms. The molecule has 0 aliphatic rings. The lowest BCUT2D eigenvalue weighted by Gasteiger charge is -2.20. The summed E-state index contributed by atoms with van der Waals surface area (Å²) in [7, 11) is 1.34. The zero-order valence-corrected chi connectivity index (χ0v) is 17.7. The predicted molar refractivity (Wildman–Crippen MR) is 115 cm³/mol. The van der Waals surface area contributed by atoms with E-state index in [4.69, 9.17) is 4.74 Å². The van der Waals surface area contributed by atoms with Gasteiger partial charge in [-0.3, -0.25) is 9.59 Å². The Balaban J connectivity index is 2.14. The minimum absolute atomic E-state index is 0.123. The molecule has 0 radical (unpaired) electrons. The van der Waals surface area contributed by atoms with Gasteiger partial charge in [0.05, 0.1) is 7.11 Å². The molecule has 0 aliphatic carbocycles. The number of methoxy groups -OCH3 is 1. The Kier molecular flexibility index (Phi) is 8.99. The van der Waals surface area contributed by atoms with Crippen molar-refractivity contribution >= 4 is 23.6 Å². The van der Waals surface area contributed by atoms with E-state index in [0.717, 1.165) is 5.56 Å². The average Bonchev–Trinajstić information content (AvgIpc) is 2.73. The van der Waals surface area contributed by atoms with Crippen LogP contribution in [-0.4, -0.2) is 43.5 Å². The van der Waals surface area contributed by atoms with Crippen LogP contribution in [0, 0.1) is 6.92 Å². The first-order chi connectivity index (χ1) is 14.8. The number of nitrogens with zero attached hydrogens (tertiary/aromatic N) is 1. The van der Waals surface area contributed by atoms with Gasteiger partial charge in [-0.05, 0) is 37.1 Å². The van der Waals surface area contributed by atoms with Crippen molar-refractivity contribution in [2.75, 3.05) is 25.5 Å². The van der Waals surface area contributed by atoms with E-state index in [0.29, 0.717) is 18.7 Å². The average molecular weight is 432 g/mol. The van der Waals surface area contributed by atoms with Crippen LogP contribution in [-0.2, 0) is 9.59 Å². The summed E-state index contributed by atoms with van der Waals surface area (Å²) in [6.07, 6.45) is 3.24. The predicted octanol–water partition coefficient (Wildman–Crippen LogP) is 4.50. The van der Waals surface area contributed by atoms with Gasteiger partial charge in [0.15, 0.2) is 11.5 Å². The van der Waals surface area contributed by atoms with E-state index in [-0.39, 0.29) is 29.5 Å². The fourth-order valence-electron chi connectivity index (χ4n) is 2.92. The number of carbonyl (C=O) groups is 2. The highest BCUT2D eigenvalue weighted by molar-refractivity contribution is 5.98. The minimum Gasteiger partial charge on any atom is -0.493 e. The summed E-state index contributed by atoms with van der Waals surface area (Å²) in [6, 6.07) is 11.9. The molecule has 6 nitrogen and oxygen atoms in total. The highest BCUT2D eigenvalue weighted by Gasteiger charge is 2.17. The number of hydrogen-bond acceptors (Lipinski definition) is 4. The Labute approximate surface area is 180 Å². The Bertz CT molecular complexity index is 932. The lowest BCUT2D eigenvalue weighted by atomic mass is 10.1. The number of alkyl halides is 2. The monoisotopic (exact) mass is 432 g/mol. The summed E-state index contributed by atoms with van der Waals surface area (Å²) in [6.45, 7) is 0.952. The lowest BCUT2D eigenvalue weighted by molar-refractivity contribution is -0.130. The zero-order valence-electron chi connectivity index (χ0n) is 17.7. The number of nitrogens with one attached hydrogen (secondary N) is 1. The van der Waals surface area contributed by atoms with E-state index >= 15 is 0 Å². The standard InChI is InChI=1S/C23H26F2N2O4/c1-4-14-27(15-20(28)26-18-10-6-5-8-16(18)2)21(29)13-12-17-9-7-11-19(30-3)22(17)31-23(24)25/h5-13,23H,4,14-15H2,1-3H3,(H,26,28)/b13-12+. The maximum Gasteiger partial charge on any atom is 0.387 e. The first-order valence-electron chi connectivity index (χ1n) is 9.80. The molecule has 8 heteroatoms. The number of benzene rings is 2. The molecular formula is C23H26F2N2O4. The molecule has 0 spiro atoms. The third-order valence-electron chi connectivity index (χ3n) is 4.40. The number of rotatable bonds is 10. The first kappa shape index (κ1) is 23.9. The molecule has 2 rings (SSSR count). The van der Waals surface area contributed by atoms with Gasteiger partial charge >= 0.3 is 6.61 Å². The molecule has 0 saturated carbocycles. The number of halogens is 2. The van der Waals surface area contributed by atoms with E-state index in [2.05, 4.69) is 10.1 Å². The Morgan fingerprint density at radius 3 is 2.55 bits per heavy atom. The second kappa shape index (κ2) is 11.7. The van der Waals surface area contributed by atoms with Crippen LogP contribution in [0.4, 0.5) is 14.5 Å². The number of para-hydroxylation sites is 2. The third-order valence-corrected chi connectivity index (χ3v) is 4.40. The van der Waals surface area contributed by atoms with E-state index in [1.807, 2.05) is 32.0 Å². The van der Waals surface area contributed by atoms with Crippen molar-refractivity contribution in [2.24, 2.45) is 0 Å². The Hall–Kier alpha value is -3.42. The van der Waals surface area contributed by atoms with Gasteiger partial charge in [0.25, 0.3) is 0 Å². The van der Waals surface area contributed by atoms with Crippen LogP contribution >= 0.6 is 0 Å². The van der Waals surface area contributed by atoms with Gasteiger partial charge in [0, 0.05) is 23.9 Å². The van der Waals surface area contributed by atoms with Crippen molar-refractivity contribution < 1.29 is 27.8 Å². The van der Waals surface area contributed by atoms with Gasteiger partial charge in [-0.15, -0.1) is 0 Å². The van der Waals surface area contributed by atoms with Crippen LogP contribution in [0.5, 0.6) is 11.5 Å². The number of carbonyl (C=O) groups excluding carboxylic acids is 2. The number of aryl methyl sites for hydroxylation is 1. The highest BCUT2D eigenvalue weighted by Crippen LogP contribution is 2.33. The quantitative estimate of drug-likeness (QED) is 0.562. The molecule has 0 aromatic heterocycles. The van der Waals surface area contributed by atoms with Gasteiger partial charge in [-0.25, -0.2) is 0 Å². The van der Waals surface area contributed by atoms with Crippen LogP contribution in [0.1, 0.15) is 24.5 Å². The largest absolute Gasteiger partial charge is 0.493 e. The second-order valence-corrected chi connectivity index (χ2v) is 6.71. The number of hydrogen-bond donors (Lipinski definition) is 1. The summed E-state index contributed by atoms with van der Waals surface area (Å²) < 4.78 is 35.2. The molecule has 2 aromatic carbocycles. The molecule has 0 unspecified atom stereocenters.